The number of aryl methyl sites for hydroxylation is 3. The molecule has 6 nitrogen and oxygen atoms in total. The zero-order valence-electron chi connectivity index (χ0n) is 17.5. The van der Waals surface area contributed by atoms with Crippen molar-refractivity contribution in [2.75, 3.05) is 11.9 Å². The van der Waals surface area contributed by atoms with Crippen LogP contribution in [0.4, 0.5) is 5.69 Å². The minimum atomic E-state index is -3.96. The number of esters is 1. The van der Waals surface area contributed by atoms with E-state index in [2.05, 4.69) is 5.32 Å². The number of hydrogen-bond acceptors (Lipinski definition) is 5. The van der Waals surface area contributed by atoms with E-state index in [1.54, 1.807) is 24.3 Å². The number of hydrogen-bond donors (Lipinski definition) is 1. The van der Waals surface area contributed by atoms with Gasteiger partial charge in [-0.2, -0.15) is 0 Å². The first-order valence-electron chi connectivity index (χ1n) is 10.0. The van der Waals surface area contributed by atoms with Gasteiger partial charge in [0, 0.05) is 5.69 Å². The largest absolute Gasteiger partial charge is 0.454 e. The maximum Gasteiger partial charge on any atom is 0.328 e. The van der Waals surface area contributed by atoms with Gasteiger partial charge in [0.15, 0.2) is 21.2 Å². The van der Waals surface area contributed by atoms with E-state index in [-0.39, 0.29) is 17.7 Å². The minimum absolute atomic E-state index is 0.119. The van der Waals surface area contributed by atoms with Crippen molar-refractivity contribution in [3.05, 3.63) is 59.2 Å². The molecule has 1 aliphatic rings. The van der Waals surface area contributed by atoms with Crippen LogP contribution in [-0.4, -0.2) is 31.6 Å². The van der Waals surface area contributed by atoms with E-state index in [9.17, 15) is 18.0 Å². The number of anilines is 1. The highest BCUT2D eigenvalue weighted by atomic mass is 32.2. The van der Waals surface area contributed by atoms with Gasteiger partial charge < -0.3 is 10.1 Å². The zero-order valence-corrected chi connectivity index (χ0v) is 18.3. The van der Waals surface area contributed by atoms with Crippen LogP contribution in [0.25, 0.3) is 0 Å². The van der Waals surface area contributed by atoms with E-state index in [0.29, 0.717) is 18.5 Å². The van der Waals surface area contributed by atoms with Gasteiger partial charge in [-0.15, -0.1) is 0 Å². The number of carbonyl (C=O) groups is 2. The first-order valence-corrected chi connectivity index (χ1v) is 11.5. The molecule has 0 unspecified atom stereocenters. The summed E-state index contributed by atoms with van der Waals surface area (Å²) in [6, 6.07) is 12.1. The summed E-state index contributed by atoms with van der Waals surface area (Å²) < 4.78 is 30.4. The van der Waals surface area contributed by atoms with E-state index in [1.807, 2.05) is 32.9 Å². The van der Waals surface area contributed by atoms with Crippen LogP contribution < -0.4 is 5.32 Å². The van der Waals surface area contributed by atoms with Crippen LogP contribution in [0, 0.1) is 20.8 Å². The van der Waals surface area contributed by atoms with Gasteiger partial charge in [0.1, 0.15) is 0 Å². The minimum Gasteiger partial charge on any atom is -0.454 e. The van der Waals surface area contributed by atoms with Gasteiger partial charge >= 0.3 is 5.97 Å². The summed E-state index contributed by atoms with van der Waals surface area (Å²) in [7, 11) is -3.96. The molecule has 0 aliphatic heterocycles. The molecule has 0 aromatic heterocycles. The van der Waals surface area contributed by atoms with Crippen molar-refractivity contribution in [3.8, 4) is 0 Å². The molecule has 0 heterocycles. The quantitative estimate of drug-likeness (QED) is 0.704. The molecule has 0 radical (unpaired) electrons. The second kappa shape index (κ2) is 8.60. The fourth-order valence-corrected chi connectivity index (χ4v) is 5.87. The molecule has 0 spiro atoms. The Labute approximate surface area is 177 Å². The molecule has 7 heteroatoms. The highest BCUT2D eigenvalue weighted by Gasteiger charge is 2.54. The van der Waals surface area contributed by atoms with E-state index < -0.39 is 33.1 Å². The summed E-state index contributed by atoms with van der Waals surface area (Å²) in [6.07, 6.45) is 1.63. The Balaban J connectivity index is 1.76. The molecule has 0 saturated heterocycles. The van der Waals surface area contributed by atoms with E-state index >= 15 is 0 Å². The van der Waals surface area contributed by atoms with Gasteiger partial charge in [-0.1, -0.05) is 36.6 Å². The summed E-state index contributed by atoms with van der Waals surface area (Å²) in [4.78, 5) is 25.3. The average molecular weight is 430 g/mol. The van der Waals surface area contributed by atoms with Crippen molar-refractivity contribution in [2.45, 2.75) is 56.1 Å². The normalized spacial score (nSPS) is 15.6. The Morgan fingerprint density at radius 2 is 1.60 bits per heavy atom. The highest BCUT2D eigenvalue weighted by molar-refractivity contribution is 7.93. The van der Waals surface area contributed by atoms with Gasteiger partial charge in [-0.25, -0.2) is 8.42 Å². The third kappa shape index (κ3) is 4.26. The molecule has 3 rings (SSSR count). The predicted molar refractivity (Wildman–Crippen MR) is 115 cm³/mol. The van der Waals surface area contributed by atoms with Crippen LogP contribution in [0.15, 0.2) is 47.4 Å². The number of amides is 1. The lowest BCUT2D eigenvalue weighted by atomic mass is 10.1. The zero-order chi connectivity index (χ0) is 21.9. The third-order valence-corrected chi connectivity index (χ3v) is 8.23. The first kappa shape index (κ1) is 22.0. The molecule has 1 aliphatic carbocycles. The number of rotatable bonds is 6. The van der Waals surface area contributed by atoms with Crippen molar-refractivity contribution >= 4 is 27.4 Å². The molecule has 0 atom stereocenters. The lowest BCUT2D eigenvalue weighted by molar-refractivity contribution is -0.149. The van der Waals surface area contributed by atoms with Crippen molar-refractivity contribution in [3.63, 3.8) is 0 Å². The molecular weight excluding hydrogens is 402 g/mol. The van der Waals surface area contributed by atoms with E-state index in [0.717, 1.165) is 16.7 Å². The Morgan fingerprint density at radius 3 is 2.20 bits per heavy atom. The predicted octanol–water partition coefficient (Wildman–Crippen LogP) is 3.88. The fourth-order valence-electron chi connectivity index (χ4n) is 3.73. The van der Waals surface area contributed by atoms with E-state index in [1.165, 1.54) is 6.07 Å². The molecule has 0 bridgehead atoms. The fraction of sp³-hybridized carbons (Fsp3) is 0.391. The number of nitrogens with one attached hydrogen (secondary N) is 1. The molecule has 30 heavy (non-hydrogen) atoms. The number of carbonyl (C=O) groups excluding carboxylic acids is 2. The molecule has 1 fully saturated rings. The number of ether oxygens (including phenoxy) is 1. The monoisotopic (exact) mass is 429 g/mol. The van der Waals surface area contributed by atoms with Gasteiger partial charge in [-0.05, 0) is 69.0 Å². The Kier molecular flexibility index (Phi) is 6.31. The van der Waals surface area contributed by atoms with Crippen molar-refractivity contribution in [1.29, 1.82) is 0 Å². The van der Waals surface area contributed by atoms with Crippen molar-refractivity contribution in [2.24, 2.45) is 0 Å². The summed E-state index contributed by atoms with van der Waals surface area (Å²) in [5, 5.41) is 2.65. The molecular formula is C23H27NO5S. The number of benzene rings is 2. The summed E-state index contributed by atoms with van der Waals surface area (Å²) in [6.45, 7) is 5.14. The van der Waals surface area contributed by atoms with Crippen LogP contribution in [0.5, 0.6) is 0 Å². The molecule has 160 valence electrons. The summed E-state index contributed by atoms with van der Waals surface area (Å²) in [5.74, 6) is -1.36. The van der Waals surface area contributed by atoms with Gasteiger partial charge in [0.25, 0.3) is 5.91 Å². The van der Waals surface area contributed by atoms with Crippen molar-refractivity contribution < 1.29 is 22.7 Å². The van der Waals surface area contributed by atoms with Crippen molar-refractivity contribution in [1.82, 2.24) is 0 Å². The SMILES string of the molecule is Cc1ccc(NC(=O)COC(=O)C2(S(=O)(=O)c3ccc(C)c(C)c3)CCCC2)cc1. The maximum atomic E-state index is 13.4. The highest BCUT2D eigenvalue weighted by Crippen LogP contribution is 2.41. The molecule has 1 N–H and O–H groups in total. The number of sulfone groups is 1. The maximum absolute atomic E-state index is 13.4. The average Bonchev–Trinajstić information content (AvgIpc) is 3.22. The Hall–Kier alpha value is -2.67. The third-order valence-electron chi connectivity index (χ3n) is 5.76. The Bertz CT molecular complexity index is 1050. The van der Waals surface area contributed by atoms with Crippen LogP contribution in [0.2, 0.25) is 0 Å². The molecule has 2 aromatic carbocycles. The second-order valence-corrected chi connectivity index (χ2v) is 10.2. The topological polar surface area (TPSA) is 89.5 Å². The van der Waals surface area contributed by atoms with Crippen LogP contribution in [0.3, 0.4) is 0 Å². The first-order chi connectivity index (χ1) is 14.2. The van der Waals surface area contributed by atoms with Crippen LogP contribution in [0.1, 0.15) is 42.4 Å². The van der Waals surface area contributed by atoms with E-state index in [4.69, 9.17) is 4.74 Å². The molecule has 1 amide bonds. The van der Waals surface area contributed by atoms with Gasteiger partial charge in [0.05, 0.1) is 4.90 Å². The van der Waals surface area contributed by atoms with Gasteiger partial charge in [0.2, 0.25) is 0 Å². The molecule has 1 saturated carbocycles. The lowest BCUT2D eigenvalue weighted by Gasteiger charge is -2.26. The van der Waals surface area contributed by atoms with Crippen LogP contribution >= 0.6 is 0 Å². The summed E-state index contributed by atoms with van der Waals surface area (Å²) in [5.41, 5.74) is 3.46. The summed E-state index contributed by atoms with van der Waals surface area (Å²) >= 11 is 0. The standard InChI is InChI=1S/C23H27NO5S/c1-16-6-9-19(10-7-16)24-21(25)15-29-22(26)23(12-4-5-13-23)30(27,28)20-11-8-17(2)18(3)14-20/h6-11,14H,4-5,12-13,15H2,1-3H3,(H,24,25). The second-order valence-electron chi connectivity index (χ2n) is 7.94. The Morgan fingerprint density at radius 1 is 0.967 bits per heavy atom. The molecule has 2 aromatic rings. The lowest BCUT2D eigenvalue weighted by Crippen LogP contribution is -2.46. The van der Waals surface area contributed by atoms with Gasteiger partial charge in [-0.3, -0.25) is 9.59 Å². The van der Waals surface area contributed by atoms with Crippen LogP contribution in [-0.2, 0) is 24.2 Å². The smallest absolute Gasteiger partial charge is 0.328 e.